The van der Waals surface area contributed by atoms with E-state index < -0.39 is 37.7 Å². The average Bonchev–Trinajstić information content (AvgIpc) is 3.08. The van der Waals surface area contributed by atoms with E-state index >= 15 is 0 Å². The summed E-state index contributed by atoms with van der Waals surface area (Å²) in [6.45, 7) is 0. The average molecular weight is 462 g/mol. The summed E-state index contributed by atoms with van der Waals surface area (Å²) in [5.41, 5.74) is -1.42. The number of aryl methyl sites for hydroxylation is 2. The summed E-state index contributed by atoms with van der Waals surface area (Å²) in [6, 6.07) is 0. The topological polar surface area (TPSA) is 17.6 Å². The number of rotatable bonds is 2. The Morgan fingerprint density at radius 2 is 0.867 bits per heavy atom. The molecule has 0 amide bonds. The van der Waals surface area contributed by atoms with E-state index in [0.717, 1.165) is 9.13 Å². The molecular formula is C12H12B2F12N4. The molecule has 170 valence electrons. The number of aromatic nitrogens is 4. The molecule has 0 radical (unpaired) electrons. The van der Waals surface area contributed by atoms with Crippen molar-refractivity contribution in [1.29, 1.82) is 0 Å². The zero-order valence-electron chi connectivity index (χ0n) is 14.9. The van der Waals surface area contributed by atoms with E-state index in [9.17, 15) is 52.1 Å². The van der Waals surface area contributed by atoms with Gasteiger partial charge < -0.3 is 34.5 Å². The third-order valence-electron chi connectivity index (χ3n) is 3.27. The number of imidazole rings is 2. The molecule has 1 aliphatic carbocycles. The molecule has 4 nitrogen and oxygen atoms in total. The molecule has 0 aliphatic heterocycles. The fourth-order valence-corrected chi connectivity index (χ4v) is 2.27. The lowest BCUT2D eigenvalue weighted by molar-refractivity contribution is -0.670. The highest BCUT2D eigenvalue weighted by atomic mass is 19.5. The van der Waals surface area contributed by atoms with Crippen LogP contribution < -0.4 is 9.13 Å². The molecule has 0 unspecified atom stereocenters. The maximum Gasteiger partial charge on any atom is 0.673 e. The van der Waals surface area contributed by atoms with Gasteiger partial charge in [0.25, 0.3) is 0 Å². The van der Waals surface area contributed by atoms with Gasteiger partial charge in [0, 0.05) is 0 Å². The van der Waals surface area contributed by atoms with Crippen LogP contribution in [0.25, 0.3) is 11.4 Å². The monoisotopic (exact) mass is 462 g/mol. The van der Waals surface area contributed by atoms with Gasteiger partial charge in [0.15, 0.2) is 0 Å². The van der Waals surface area contributed by atoms with E-state index in [1.807, 2.05) is 0 Å². The van der Waals surface area contributed by atoms with E-state index in [4.69, 9.17) is 0 Å². The molecule has 2 aromatic rings. The van der Waals surface area contributed by atoms with Crippen LogP contribution in [-0.2, 0) is 14.1 Å². The molecule has 0 bridgehead atoms. The molecule has 0 aromatic carbocycles. The molecule has 2 aromatic heterocycles. The minimum absolute atomic E-state index is 0.709. The molecule has 18 heteroatoms. The molecule has 2 heterocycles. The fraction of sp³-hybridized carbons (Fsp3) is 0.333. The van der Waals surface area contributed by atoms with E-state index in [-0.39, 0.29) is 0 Å². The highest BCUT2D eigenvalue weighted by Crippen LogP contribution is 2.59. The number of hydrogen-bond donors (Lipinski definition) is 0. The van der Waals surface area contributed by atoms with Crippen molar-refractivity contribution in [3.63, 3.8) is 0 Å². The number of nitrogens with zero attached hydrogens (tertiary/aromatic N) is 4. The van der Waals surface area contributed by atoms with Crippen LogP contribution in [0.2, 0.25) is 0 Å². The van der Waals surface area contributed by atoms with Crippen LogP contribution >= 0.6 is 0 Å². The Morgan fingerprint density at radius 1 is 0.633 bits per heavy atom. The second kappa shape index (κ2) is 8.29. The first kappa shape index (κ1) is 25.5. The van der Waals surface area contributed by atoms with Gasteiger partial charge in [-0.15, -0.1) is 0 Å². The summed E-state index contributed by atoms with van der Waals surface area (Å²) in [4.78, 5) is 0. The Morgan fingerprint density at radius 3 is 1.03 bits per heavy atom. The Kier molecular flexibility index (Phi) is 7.05. The quantitative estimate of drug-likeness (QED) is 0.369. The minimum atomic E-state index is -6.00. The van der Waals surface area contributed by atoms with Crippen LogP contribution in [-0.4, -0.2) is 35.5 Å². The van der Waals surface area contributed by atoms with Crippen LogP contribution in [0, 0.1) is 0 Å². The summed E-state index contributed by atoms with van der Waals surface area (Å²) < 4.78 is 138. The maximum absolute atomic E-state index is 13.8. The predicted octanol–water partition coefficient (Wildman–Crippen LogP) is 3.65. The molecular weight excluding hydrogens is 450 g/mol. The van der Waals surface area contributed by atoms with Gasteiger partial charge in [0.05, 0.1) is 14.1 Å². The number of alkyl halides is 4. The number of hydrogen-bond acceptors (Lipinski definition) is 0. The van der Waals surface area contributed by atoms with Gasteiger partial charge in [-0.2, -0.15) is 26.7 Å². The fourth-order valence-electron chi connectivity index (χ4n) is 2.27. The molecule has 0 saturated carbocycles. The van der Waals surface area contributed by atoms with Gasteiger partial charge in [-0.25, -0.2) is 9.13 Å². The normalized spacial score (nSPS) is 17.4. The van der Waals surface area contributed by atoms with Crippen molar-refractivity contribution < 1.29 is 61.2 Å². The van der Waals surface area contributed by atoms with Crippen molar-refractivity contribution in [3.05, 3.63) is 37.4 Å². The summed E-state index contributed by atoms with van der Waals surface area (Å²) in [6.07, 6.45) is 8.30. The lowest BCUT2D eigenvalue weighted by atomic mass is 9.90. The van der Waals surface area contributed by atoms with E-state index in [1.165, 1.54) is 46.6 Å². The third kappa shape index (κ3) is 6.48. The van der Waals surface area contributed by atoms with Crippen LogP contribution in [0.1, 0.15) is 0 Å². The van der Waals surface area contributed by atoms with Crippen molar-refractivity contribution in [2.75, 3.05) is 0 Å². The minimum Gasteiger partial charge on any atom is -0.418 e. The van der Waals surface area contributed by atoms with Crippen LogP contribution in [0.5, 0.6) is 0 Å². The van der Waals surface area contributed by atoms with Crippen molar-refractivity contribution in [3.8, 4) is 0 Å². The maximum atomic E-state index is 13.8. The number of allylic oxidation sites excluding steroid dienone is 2. The smallest absolute Gasteiger partial charge is 0.418 e. The number of halogens is 12. The zero-order chi connectivity index (χ0) is 23.7. The van der Waals surface area contributed by atoms with Crippen molar-refractivity contribution in [2.24, 2.45) is 14.1 Å². The molecule has 0 N–H and O–H groups in total. The highest BCUT2D eigenvalue weighted by molar-refractivity contribution is 6.50. The summed E-state index contributed by atoms with van der Waals surface area (Å²) in [7, 11) is -8.75. The first-order chi connectivity index (χ1) is 13.2. The molecule has 0 fully saturated rings. The van der Waals surface area contributed by atoms with Gasteiger partial charge in [-0.3, -0.25) is 0 Å². The van der Waals surface area contributed by atoms with Crippen LogP contribution in [0.3, 0.4) is 0 Å². The Hall–Kier alpha value is -2.55. The molecule has 0 saturated heterocycles. The van der Waals surface area contributed by atoms with Gasteiger partial charge in [-0.1, -0.05) is 0 Å². The molecule has 1 aliphatic rings. The van der Waals surface area contributed by atoms with E-state index in [0.29, 0.717) is 0 Å². The molecule has 30 heavy (non-hydrogen) atoms. The van der Waals surface area contributed by atoms with Crippen molar-refractivity contribution >= 4 is 25.9 Å². The largest absolute Gasteiger partial charge is 0.673 e. The second-order valence-corrected chi connectivity index (χ2v) is 5.81. The first-order valence-electron chi connectivity index (χ1n) is 7.58. The van der Waals surface area contributed by atoms with Gasteiger partial charge in [-0.05, 0) is 0 Å². The Labute approximate surface area is 160 Å². The van der Waals surface area contributed by atoms with Gasteiger partial charge in [0.1, 0.15) is 24.8 Å². The first-order valence-corrected chi connectivity index (χ1v) is 7.58. The highest BCUT2D eigenvalue weighted by Gasteiger charge is 2.78. The van der Waals surface area contributed by atoms with Crippen molar-refractivity contribution in [1.82, 2.24) is 9.13 Å². The SMILES string of the molecule is C[n+]1ccn(C2=C(n3cc[n+](C)c3)C(F)(F)C2(F)F)c1.F[B-](F)(F)F.F[B-](F)(F)F. The third-order valence-corrected chi connectivity index (χ3v) is 3.27. The van der Waals surface area contributed by atoms with Crippen LogP contribution in [0.4, 0.5) is 52.1 Å². The zero-order valence-corrected chi connectivity index (χ0v) is 14.9. The second-order valence-electron chi connectivity index (χ2n) is 5.81. The molecule has 3 rings (SSSR count). The molecule has 0 spiro atoms. The molecule has 0 atom stereocenters. The lowest BCUT2D eigenvalue weighted by Crippen LogP contribution is -2.55. The van der Waals surface area contributed by atoms with E-state index in [2.05, 4.69) is 0 Å². The summed E-state index contributed by atoms with van der Waals surface area (Å²) in [5, 5.41) is 0. The summed E-state index contributed by atoms with van der Waals surface area (Å²) in [5.74, 6) is -8.39. The van der Waals surface area contributed by atoms with Crippen LogP contribution in [0.15, 0.2) is 37.4 Å². The Bertz CT molecular complexity index is 811. The van der Waals surface area contributed by atoms with Gasteiger partial charge in [0.2, 0.25) is 24.0 Å². The standard InChI is InChI=1S/C12H12F4N4.2BF4/c1-17-3-5-19(7-17)9-10(12(15,16)11(9,13)14)20-6-4-18(2)8-20;2*2-1(3,4)5/h3-8H,1-2H3;;/q+2;2*-1. The van der Waals surface area contributed by atoms with Gasteiger partial charge >= 0.3 is 26.4 Å². The van der Waals surface area contributed by atoms with Crippen molar-refractivity contribution in [2.45, 2.75) is 11.8 Å². The Balaban J connectivity index is 0.000000378. The predicted molar refractivity (Wildman–Crippen MR) is 80.9 cm³/mol. The van der Waals surface area contributed by atoms with E-state index in [1.54, 1.807) is 14.1 Å². The summed E-state index contributed by atoms with van der Waals surface area (Å²) >= 11 is 0. The lowest BCUT2D eigenvalue weighted by Gasteiger charge is -2.35.